The summed E-state index contributed by atoms with van der Waals surface area (Å²) in [6.45, 7) is 4.77. The van der Waals surface area contributed by atoms with Gasteiger partial charge in [-0.3, -0.25) is 13.8 Å². The summed E-state index contributed by atoms with van der Waals surface area (Å²) in [5.41, 5.74) is 0.248. The molecule has 0 aliphatic carbocycles. The Hall–Kier alpha value is -1.63. The normalized spacial score (nSPS) is 11.9. The summed E-state index contributed by atoms with van der Waals surface area (Å²) in [5, 5.41) is 0. The van der Waals surface area contributed by atoms with Gasteiger partial charge in [0.1, 0.15) is 5.75 Å². The number of carbonyl (C=O) groups is 1. The third-order valence-electron chi connectivity index (χ3n) is 2.75. The summed E-state index contributed by atoms with van der Waals surface area (Å²) in [7, 11) is -1.41. The monoisotopic (exact) mass is 329 g/mol. The number of unbranched alkanes of at least 4 members (excludes halogenated alkanes) is 1. The van der Waals surface area contributed by atoms with Crippen molar-refractivity contribution in [2.75, 3.05) is 19.0 Å². The van der Waals surface area contributed by atoms with Crippen LogP contribution < -0.4 is 10.2 Å². The van der Waals surface area contributed by atoms with Crippen molar-refractivity contribution in [1.82, 2.24) is 4.98 Å². The van der Waals surface area contributed by atoms with Gasteiger partial charge in [-0.05, 0) is 12.8 Å². The van der Waals surface area contributed by atoms with Crippen LogP contribution in [-0.2, 0) is 26.1 Å². The Morgan fingerprint density at radius 1 is 1.27 bits per heavy atom. The molecule has 0 fully saturated rings. The number of aromatic amines is 1. The van der Waals surface area contributed by atoms with Crippen LogP contribution in [0, 0.1) is 0 Å². The first kappa shape index (κ1) is 18.4. The molecule has 0 saturated carbocycles. The van der Waals surface area contributed by atoms with Crippen LogP contribution in [0.2, 0.25) is 0 Å². The van der Waals surface area contributed by atoms with Gasteiger partial charge in [0.05, 0.1) is 19.0 Å². The Balaban J connectivity index is 2.49. The number of rotatable bonds is 10. The second-order valence-corrected chi connectivity index (χ2v) is 6.29. The van der Waals surface area contributed by atoms with E-state index in [2.05, 4.69) is 4.98 Å². The number of carbonyl (C=O) groups excluding carboxylic acids is 1. The van der Waals surface area contributed by atoms with E-state index < -0.39 is 16.8 Å². The molecule has 1 N–H and O–H groups in total. The van der Waals surface area contributed by atoms with Gasteiger partial charge in [-0.25, -0.2) is 0 Å². The first-order chi connectivity index (χ1) is 10.6. The lowest BCUT2D eigenvalue weighted by Gasteiger charge is -2.06. The zero-order valence-corrected chi connectivity index (χ0v) is 13.9. The van der Waals surface area contributed by atoms with E-state index in [0.29, 0.717) is 18.9 Å². The molecule has 0 radical (unpaired) electrons. The number of pyridine rings is 1. The van der Waals surface area contributed by atoms with Gasteiger partial charge in [0, 0.05) is 28.8 Å². The van der Waals surface area contributed by atoms with E-state index in [-0.39, 0.29) is 22.7 Å². The van der Waals surface area contributed by atoms with Crippen molar-refractivity contribution >= 4 is 16.8 Å². The van der Waals surface area contributed by atoms with Crippen molar-refractivity contribution in [2.45, 2.75) is 38.9 Å². The lowest BCUT2D eigenvalue weighted by Crippen LogP contribution is -2.17. The standard InChI is InChI=1S/C15H23NO5S/c1-3-5-7-21-15(18)11-22(19)10-12-8-13(17)14(9-16-12)20-6-4-2/h8-9H,3-7,10-11H2,1-2H3,(H,16,17). The molecule has 1 heterocycles. The van der Waals surface area contributed by atoms with Gasteiger partial charge in [0.25, 0.3) is 0 Å². The molecule has 0 spiro atoms. The number of hydrogen-bond donors (Lipinski definition) is 1. The van der Waals surface area contributed by atoms with E-state index >= 15 is 0 Å². The predicted octanol–water partition coefficient (Wildman–Crippen LogP) is 1.76. The molecule has 22 heavy (non-hydrogen) atoms. The fourth-order valence-corrected chi connectivity index (χ4v) is 2.60. The van der Waals surface area contributed by atoms with Gasteiger partial charge in [-0.15, -0.1) is 0 Å². The first-order valence-corrected chi connectivity index (χ1v) is 8.90. The molecule has 124 valence electrons. The molecule has 1 aromatic rings. The number of esters is 1. The number of hydrogen-bond acceptors (Lipinski definition) is 5. The summed E-state index contributed by atoms with van der Waals surface area (Å²) >= 11 is 0. The highest BCUT2D eigenvalue weighted by Gasteiger charge is 2.11. The summed E-state index contributed by atoms with van der Waals surface area (Å²) in [6, 6.07) is 1.35. The highest BCUT2D eigenvalue weighted by atomic mass is 32.2. The van der Waals surface area contributed by atoms with E-state index in [4.69, 9.17) is 9.47 Å². The molecule has 1 atom stereocenters. The molecule has 0 amide bonds. The van der Waals surface area contributed by atoms with Crippen molar-refractivity contribution < 1.29 is 18.5 Å². The minimum Gasteiger partial charge on any atom is -0.488 e. The molecule has 6 nitrogen and oxygen atoms in total. The van der Waals surface area contributed by atoms with Crippen molar-refractivity contribution in [3.05, 3.63) is 28.2 Å². The smallest absolute Gasteiger partial charge is 0.318 e. The van der Waals surface area contributed by atoms with Crippen molar-refractivity contribution in [3.8, 4) is 5.75 Å². The molecule has 1 aromatic heterocycles. The second-order valence-electron chi connectivity index (χ2n) is 4.84. The van der Waals surface area contributed by atoms with E-state index in [0.717, 1.165) is 19.3 Å². The molecule has 7 heteroatoms. The highest BCUT2D eigenvalue weighted by Crippen LogP contribution is 2.05. The largest absolute Gasteiger partial charge is 0.488 e. The second kappa shape index (κ2) is 10.2. The maximum atomic E-state index is 11.9. The van der Waals surface area contributed by atoms with Crippen molar-refractivity contribution in [1.29, 1.82) is 0 Å². The molecule has 0 saturated heterocycles. The molecule has 1 unspecified atom stereocenters. The van der Waals surface area contributed by atoms with E-state index in [1.807, 2.05) is 13.8 Å². The zero-order valence-electron chi connectivity index (χ0n) is 13.1. The average molecular weight is 329 g/mol. The van der Waals surface area contributed by atoms with Gasteiger partial charge < -0.3 is 14.5 Å². The van der Waals surface area contributed by atoms with Crippen LogP contribution >= 0.6 is 0 Å². The van der Waals surface area contributed by atoms with Crippen LogP contribution in [0.25, 0.3) is 0 Å². The first-order valence-electron chi connectivity index (χ1n) is 7.41. The zero-order chi connectivity index (χ0) is 16.4. The Kier molecular flexibility index (Phi) is 8.50. The van der Waals surface area contributed by atoms with Crippen LogP contribution in [-0.4, -0.2) is 34.1 Å². The van der Waals surface area contributed by atoms with E-state index in [1.165, 1.54) is 12.3 Å². The van der Waals surface area contributed by atoms with Crippen LogP contribution in [0.15, 0.2) is 17.1 Å². The lowest BCUT2D eigenvalue weighted by molar-refractivity contribution is -0.140. The van der Waals surface area contributed by atoms with Gasteiger partial charge in [-0.2, -0.15) is 0 Å². The van der Waals surface area contributed by atoms with E-state index in [1.54, 1.807) is 0 Å². The molecule has 1 rings (SSSR count). The van der Waals surface area contributed by atoms with Crippen LogP contribution in [0.3, 0.4) is 0 Å². The van der Waals surface area contributed by atoms with Gasteiger partial charge in [0.2, 0.25) is 5.43 Å². The van der Waals surface area contributed by atoms with Crippen LogP contribution in [0.4, 0.5) is 0 Å². The summed E-state index contributed by atoms with van der Waals surface area (Å²) < 4.78 is 22.1. The average Bonchev–Trinajstić information content (AvgIpc) is 2.46. The fourth-order valence-electron chi connectivity index (χ4n) is 1.64. The van der Waals surface area contributed by atoms with Gasteiger partial charge in [-0.1, -0.05) is 20.3 Å². The summed E-state index contributed by atoms with van der Waals surface area (Å²) in [6.07, 6.45) is 4.00. The molecule has 0 aliphatic heterocycles. The third kappa shape index (κ3) is 6.89. The predicted molar refractivity (Wildman–Crippen MR) is 85.4 cm³/mol. The number of ether oxygens (including phenoxy) is 2. The Morgan fingerprint density at radius 2 is 2.05 bits per heavy atom. The topological polar surface area (TPSA) is 85.5 Å². The minimum atomic E-state index is -1.41. The fraction of sp³-hybridized carbons (Fsp3) is 0.600. The Bertz CT molecular complexity index is 555. The van der Waals surface area contributed by atoms with Crippen LogP contribution in [0.1, 0.15) is 38.8 Å². The van der Waals surface area contributed by atoms with Crippen LogP contribution in [0.5, 0.6) is 5.75 Å². The summed E-state index contributed by atoms with van der Waals surface area (Å²) in [4.78, 5) is 26.1. The van der Waals surface area contributed by atoms with Crippen molar-refractivity contribution in [2.24, 2.45) is 0 Å². The number of aromatic nitrogens is 1. The summed E-state index contributed by atoms with van der Waals surface area (Å²) in [5.74, 6) is -0.293. The maximum Gasteiger partial charge on any atom is 0.318 e. The minimum absolute atomic E-state index is 0.103. The molecular formula is C15H23NO5S. The third-order valence-corrected chi connectivity index (χ3v) is 3.95. The van der Waals surface area contributed by atoms with Gasteiger partial charge >= 0.3 is 5.97 Å². The molecular weight excluding hydrogens is 306 g/mol. The Labute approximate surface area is 132 Å². The lowest BCUT2D eigenvalue weighted by atomic mass is 10.3. The quantitative estimate of drug-likeness (QED) is 0.522. The molecule has 0 aromatic carbocycles. The van der Waals surface area contributed by atoms with Crippen molar-refractivity contribution in [3.63, 3.8) is 0 Å². The maximum absolute atomic E-state index is 11.9. The number of H-pyrrole nitrogens is 1. The number of nitrogens with one attached hydrogen (secondary N) is 1. The van der Waals surface area contributed by atoms with Gasteiger partial charge in [0.15, 0.2) is 5.75 Å². The Morgan fingerprint density at radius 3 is 2.68 bits per heavy atom. The highest BCUT2D eigenvalue weighted by molar-refractivity contribution is 7.84. The molecule has 0 bridgehead atoms. The molecule has 0 aliphatic rings. The SMILES string of the molecule is CCCCOC(=O)CS(=O)Cc1cc(=O)c(OCCC)c[nH]1. The van der Waals surface area contributed by atoms with E-state index in [9.17, 15) is 13.8 Å².